The lowest BCUT2D eigenvalue weighted by Crippen LogP contribution is -2.31. The molecule has 0 aliphatic carbocycles. The van der Waals surface area contributed by atoms with E-state index < -0.39 is 11.1 Å². The molecule has 1 saturated heterocycles. The predicted octanol–water partition coefficient (Wildman–Crippen LogP) is 3.86. The molecule has 0 spiro atoms. The molecule has 1 aliphatic rings. The van der Waals surface area contributed by atoms with Gasteiger partial charge in [0.25, 0.3) is 0 Å². The topological polar surface area (TPSA) is 50.3 Å². The van der Waals surface area contributed by atoms with Crippen LogP contribution in [0.1, 0.15) is 6.42 Å². The summed E-state index contributed by atoms with van der Waals surface area (Å²) in [6.07, 6.45) is 0.122. The first-order valence-electron chi connectivity index (χ1n) is 7.26. The van der Waals surface area contributed by atoms with Crippen LogP contribution in [-0.2, 0) is 9.59 Å². The molecular formula is C17H11FN2O2S2. The van der Waals surface area contributed by atoms with E-state index in [-0.39, 0.29) is 18.2 Å². The van der Waals surface area contributed by atoms with E-state index in [1.54, 1.807) is 0 Å². The molecule has 0 saturated carbocycles. The van der Waals surface area contributed by atoms with E-state index in [0.29, 0.717) is 5.69 Å². The molecule has 120 valence electrons. The number of aromatic nitrogens is 1. The Kier molecular flexibility index (Phi) is 3.82. The Hall–Kier alpha value is -2.25. The van der Waals surface area contributed by atoms with E-state index in [4.69, 9.17) is 0 Å². The van der Waals surface area contributed by atoms with E-state index in [9.17, 15) is 14.0 Å². The van der Waals surface area contributed by atoms with Crippen LogP contribution in [0.4, 0.5) is 10.1 Å². The van der Waals surface area contributed by atoms with E-state index in [2.05, 4.69) is 4.98 Å². The Bertz CT molecular complexity index is 906. The maximum absolute atomic E-state index is 13.0. The number of hydrogen-bond donors (Lipinski definition) is 0. The minimum absolute atomic E-state index is 0.122. The molecule has 0 N–H and O–H groups in total. The predicted molar refractivity (Wildman–Crippen MR) is 92.8 cm³/mol. The molecule has 0 bridgehead atoms. The van der Waals surface area contributed by atoms with E-state index in [0.717, 1.165) is 19.5 Å². The van der Waals surface area contributed by atoms with Crippen LogP contribution in [0.3, 0.4) is 0 Å². The first kappa shape index (κ1) is 15.3. The zero-order valence-electron chi connectivity index (χ0n) is 12.3. The van der Waals surface area contributed by atoms with Crippen LogP contribution in [0.5, 0.6) is 0 Å². The van der Waals surface area contributed by atoms with Crippen LogP contribution >= 0.6 is 23.1 Å². The number of halogens is 1. The number of thiazole rings is 1. The molecule has 4 nitrogen and oxygen atoms in total. The van der Waals surface area contributed by atoms with Crippen molar-refractivity contribution in [3.63, 3.8) is 0 Å². The summed E-state index contributed by atoms with van der Waals surface area (Å²) >= 11 is 2.82. The number of imide groups is 1. The van der Waals surface area contributed by atoms with Gasteiger partial charge in [0, 0.05) is 6.42 Å². The molecule has 1 atom stereocenters. The van der Waals surface area contributed by atoms with Crippen molar-refractivity contribution >= 4 is 50.8 Å². The van der Waals surface area contributed by atoms with Crippen molar-refractivity contribution in [2.75, 3.05) is 4.90 Å². The molecule has 2 aromatic carbocycles. The summed E-state index contributed by atoms with van der Waals surface area (Å²) in [5.41, 5.74) is 1.29. The maximum atomic E-state index is 13.0. The second-order valence-electron chi connectivity index (χ2n) is 5.30. The van der Waals surface area contributed by atoms with Crippen LogP contribution in [0.15, 0.2) is 52.9 Å². The van der Waals surface area contributed by atoms with Crippen molar-refractivity contribution in [3.05, 3.63) is 54.3 Å². The zero-order chi connectivity index (χ0) is 16.7. The Labute approximate surface area is 145 Å². The van der Waals surface area contributed by atoms with Crippen molar-refractivity contribution in [2.24, 2.45) is 0 Å². The lowest BCUT2D eigenvalue weighted by molar-refractivity contribution is -0.121. The minimum atomic E-state index is -0.497. The third-order valence-corrected chi connectivity index (χ3v) is 6.02. The third kappa shape index (κ3) is 2.70. The molecule has 7 heteroatoms. The highest BCUT2D eigenvalue weighted by molar-refractivity contribution is 8.02. The van der Waals surface area contributed by atoms with Gasteiger partial charge in [-0.05, 0) is 36.4 Å². The molecule has 4 rings (SSSR count). The van der Waals surface area contributed by atoms with Gasteiger partial charge in [0.2, 0.25) is 11.8 Å². The van der Waals surface area contributed by atoms with Crippen LogP contribution in [0.2, 0.25) is 0 Å². The second-order valence-corrected chi connectivity index (χ2v) is 7.78. The van der Waals surface area contributed by atoms with E-state index in [1.165, 1.54) is 47.4 Å². The standard InChI is InChI=1S/C17H11FN2O2S2/c18-10-5-7-11(8-6-10)20-15(21)9-14(16(20)22)24-17-19-12-3-1-2-4-13(12)23-17/h1-8,14H,9H2/t14-/m0/s1. The van der Waals surface area contributed by atoms with Gasteiger partial charge in [0.05, 0.1) is 15.9 Å². The van der Waals surface area contributed by atoms with Gasteiger partial charge < -0.3 is 0 Å². The highest BCUT2D eigenvalue weighted by Crippen LogP contribution is 2.37. The van der Waals surface area contributed by atoms with Gasteiger partial charge in [0.15, 0.2) is 4.34 Å². The lowest BCUT2D eigenvalue weighted by atomic mass is 10.3. The number of benzene rings is 2. The van der Waals surface area contributed by atoms with Crippen LogP contribution < -0.4 is 4.90 Å². The molecule has 3 aromatic rings. The largest absolute Gasteiger partial charge is 0.274 e. The van der Waals surface area contributed by atoms with Gasteiger partial charge in [-0.3, -0.25) is 9.59 Å². The molecule has 0 unspecified atom stereocenters. The summed E-state index contributed by atoms with van der Waals surface area (Å²) in [4.78, 5) is 30.4. The molecule has 0 radical (unpaired) electrons. The normalized spacial score (nSPS) is 17.9. The number of para-hydroxylation sites is 1. The number of thioether (sulfide) groups is 1. The number of anilines is 1. The first-order chi connectivity index (χ1) is 11.6. The Morgan fingerprint density at radius 3 is 2.62 bits per heavy atom. The summed E-state index contributed by atoms with van der Waals surface area (Å²) in [6, 6.07) is 13.1. The summed E-state index contributed by atoms with van der Waals surface area (Å²) in [5.74, 6) is -0.959. The maximum Gasteiger partial charge on any atom is 0.247 e. The van der Waals surface area contributed by atoms with Gasteiger partial charge in [0.1, 0.15) is 11.1 Å². The molecule has 2 heterocycles. The molecule has 1 aliphatic heterocycles. The van der Waals surface area contributed by atoms with Crippen molar-refractivity contribution < 1.29 is 14.0 Å². The van der Waals surface area contributed by atoms with Gasteiger partial charge in [-0.25, -0.2) is 14.3 Å². The number of carbonyl (C=O) groups is 2. The van der Waals surface area contributed by atoms with Gasteiger partial charge >= 0.3 is 0 Å². The van der Waals surface area contributed by atoms with Crippen molar-refractivity contribution in [3.8, 4) is 0 Å². The molecule has 24 heavy (non-hydrogen) atoms. The molecular weight excluding hydrogens is 347 g/mol. The van der Waals surface area contributed by atoms with Crippen molar-refractivity contribution in [1.82, 2.24) is 4.98 Å². The Balaban J connectivity index is 1.57. The minimum Gasteiger partial charge on any atom is -0.274 e. The average molecular weight is 358 g/mol. The Morgan fingerprint density at radius 1 is 1.12 bits per heavy atom. The zero-order valence-corrected chi connectivity index (χ0v) is 13.9. The van der Waals surface area contributed by atoms with E-state index >= 15 is 0 Å². The van der Waals surface area contributed by atoms with E-state index in [1.807, 2.05) is 24.3 Å². The number of nitrogens with zero attached hydrogens (tertiary/aromatic N) is 2. The number of rotatable bonds is 3. The molecule has 1 aromatic heterocycles. The number of amides is 2. The van der Waals surface area contributed by atoms with Gasteiger partial charge in [-0.2, -0.15) is 0 Å². The fraction of sp³-hybridized carbons (Fsp3) is 0.118. The van der Waals surface area contributed by atoms with Crippen molar-refractivity contribution in [2.45, 2.75) is 16.0 Å². The summed E-state index contributed by atoms with van der Waals surface area (Å²) in [6.45, 7) is 0. The quantitative estimate of drug-likeness (QED) is 0.667. The first-order valence-corrected chi connectivity index (χ1v) is 8.96. The van der Waals surface area contributed by atoms with Crippen LogP contribution in [-0.4, -0.2) is 22.0 Å². The second kappa shape index (κ2) is 5.99. The smallest absolute Gasteiger partial charge is 0.247 e. The third-order valence-electron chi connectivity index (χ3n) is 3.71. The average Bonchev–Trinajstić information content (AvgIpc) is 3.09. The van der Waals surface area contributed by atoms with Crippen LogP contribution in [0, 0.1) is 5.82 Å². The van der Waals surface area contributed by atoms with Gasteiger partial charge in [-0.1, -0.05) is 23.9 Å². The Morgan fingerprint density at radius 2 is 1.88 bits per heavy atom. The number of hydrogen-bond acceptors (Lipinski definition) is 5. The fourth-order valence-electron chi connectivity index (χ4n) is 2.58. The lowest BCUT2D eigenvalue weighted by Gasteiger charge is -2.14. The van der Waals surface area contributed by atoms with Gasteiger partial charge in [-0.15, -0.1) is 11.3 Å². The summed E-state index contributed by atoms with van der Waals surface area (Å²) in [5, 5.41) is -0.497. The highest BCUT2D eigenvalue weighted by atomic mass is 32.2. The van der Waals surface area contributed by atoms with Crippen LogP contribution in [0.25, 0.3) is 10.2 Å². The molecule has 2 amide bonds. The monoisotopic (exact) mass is 358 g/mol. The summed E-state index contributed by atoms with van der Waals surface area (Å²) in [7, 11) is 0. The fourth-order valence-corrected chi connectivity index (χ4v) is 4.91. The molecule has 1 fully saturated rings. The number of carbonyl (C=O) groups excluding carboxylic acids is 2. The SMILES string of the molecule is O=C1C[C@H](Sc2nc3ccccc3s2)C(=O)N1c1ccc(F)cc1. The number of fused-ring (bicyclic) bond motifs is 1. The van der Waals surface area contributed by atoms with Crippen molar-refractivity contribution in [1.29, 1.82) is 0 Å². The highest BCUT2D eigenvalue weighted by Gasteiger charge is 2.40. The summed E-state index contributed by atoms with van der Waals surface area (Å²) < 4.78 is 14.8.